The summed E-state index contributed by atoms with van der Waals surface area (Å²) in [5.41, 5.74) is 1.60. The first-order valence-corrected chi connectivity index (χ1v) is 7.31. The first kappa shape index (κ1) is 16.0. The van der Waals surface area contributed by atoms with E-state index in [0.29, 0.717) is 11.3 Å². The van der Waals surface area contributed by atoms with Gasteiger partial charge in [-0.15, -0.1) is 0 Å². The number of nitrogens with one attached hydrogen (secondary N) is 1. The second-order valence-corrected chi connectivity index (χ2v) is 6.28. The Bertz CT molecular complexity index is 368. The first-order chi connectivity index (χ1) is 8.99. The van der Waals surface area contributed by atoms with E-state index < -0.39 is 0 Å². The molecule has 0 radical (unpaired) electrons. The molecule has 1 aromatic rings. The fourth-order valence-electron chi connectivity index (χ4n) is 2.27. The van der Waals surface area contributed by atoms with E-state index in [9.17, 15) is 0 Å². The molecule has 2 heteroatoms. The number of hydrogen-bond donors (Lipinski definition) is 1. The van der Waals surface area contributed by atoms with Crippen LogP contribution in [0.4, 0.5) is 0 Å². The molecule has 19 heavy (non-hydrogen) atoms. The Morgan fingerprint density at radius 1 is 1.21 bits per heavy atom. The summed E-state index contributed by atoms with van der Waals surface area (Å²) in [5.74, 6) is 1.61. The van der Waals surface area contributed by atoms with Gasteiger partial charge in [-0.3, -0.25) is 0 Å². The second kappa shape index (κ2) is 7.54. The molecular formula is C17H29NO. The molecule has 0 spiro atoms. The van der Waals surface area contributed by atoms with Crippen LogP contribution in [0.15, 0.2) is 24.3 Å². The highest BCUT2D eigenvalue weighted by atomic mass is 16.5. The Morgan fingerprint density at radius 3 is 2.47 bits per heavy atom. The predicted octanol–water partition coefficient (Wildman–Crippen LogP) is 3.90. The highest BCUT2D eigenvalue weighted by molar-refractivity contribution is 5.33. The topological polar surface area (TPSA) is 21.3 Å². The lowest BCUT2D eigenvalue weighted by atomic mass is 9.77. The van der Waals surface area contributed by atoms with Crippen LogP contribution in [-0.4, -0.2) is 20.2 Å². The van der Waals surface area contributed by atoms with Crippen molar-refractivity contribution in [2.45, 2.75) is 40.5 Å². The molecule has 0 aliphatic heterocycles. The maximum atomic E-state index is 5.46. The third-order valence-corrected chi connectivity index (χ3v) is 3.70. The van der Waals surface area contributed by atoms with E-state index in [1.807, 2.05) is 6.07 Å². The Kier molecular flexibility index (Phi) is 6.36. The predicted molar refractivity (Wildman–Crippen MR) is 82.8 cm³/mol. The zero-order valence-electron chi connectivity index (χ0n) is 13.1. The Morgan fingerprint density at radius 2 is 1.89 bits per heavy atom. The van der Waals surface area contributed by atoms with Crippen LogP contribution in [-0.2, 0) is 6.42 Å². The SMILES string of the molecule is CCCNCC(Cc1ccccc1OC)C(C)(C)C. The standard InChI is InChI=1S/C17H29NO/c1-6-11-18-13-15(17(2,3)4)12-14-9-7-8-10-16(14)19-5/h7-10,15,18H,6,11-13H2,1-5H3. The Hall–Kier alpha value is -1.02. The first-order valence-electron chi connectivity index (χ1n) is 7.31. The van der Waals surface area contributed by atoms with Crippen molar-refractivity contribution in [3.05, 3.63) is 29.8 Å². The number of hydrogen-bond acceptors (Lipinski definition) is 2. The molecular weight excluding hydrogens is 234 g/mol. The van der Waals surface area contributed by atoms with Gasteiger partial charge in [0.05, 0.1) is 7.11 Å². The van der Waals surface area contributed by atoms with Crippen molar-refractivity contribution >= 4 is 0 Å². The van der Waals surface area contributed by atoms with Crippen LogP contribution < -0.4 is 10.1 Å². The van der Waals surface area contributed by atoms with Gasteiger partial charge in [-0.05, 0) is 48.9 Å². The number of methoxy groups -OCH3 is 1. The van der Waals surface area contributed by atoms with Crippen LogP contribution in [0, 0.1) is 11.3 Å². The molecule has 0 saturated carbocycles. The van der Waals surface area contributed by atoms with Crippen LogP contribution in [0.1, 0.15) is 39.7 Å². The fraction of sp³-hybridized carbons (Fsp3) is 0.647. The zero-order valence-corrected chi connectivity index (χ0v) is 13.1. The van der Waals surface area contributed by atoms with E-state index in [-0.39, 0.29) is 0 Å². The van der Waals surface area contributed by atoms with Crippen molar-refractivity contribution in [1.82, 2.24) is 5.32 Å². The van der Waals surface area contributed by atoms with Crippen LogP contribution in [0.2, 0.25) is 0 Å². The monoisotopic (exact) mass is 263 g/mol. The highest BCUT2D eigenvalue weighted by Crippen LogP contribution is 2.31. The molecule has 1 atom stereocenters. The summed E-state index contributed by atoms with van der Waals surface area (Å²) in [5, 5.41) is 3.56. The zero-order chi connectivity index (χ0) is 14.3. The van der Waals surface area contributed by atoms with Gasteiger partial charge in [0.15, 0.2) is 0 Å². The minimum atomic E-state index is 0.293. The maximum absolute atomic E-state index is 5.46. The van der Waals surface area contributed by atoms with Crippen molar-refractivity contribution in [3.63, 3.8) is 0 Å². The van der Waals surface area contributed by atoms with Gasteiger partial charge >= 0.3 is 0 Å². The average molecular weight is 263 g/mol. The van der Waals surface area contributed by atoms with Gasteiger partial charge in [0.2, 0.25) is 0 Å². The van der Waals surface area contributed by atoms with Gasteiger partial charge in [-0.25, -0.2) is 0 Å². The van der Waals surface area contributed by atoms with Gasteiger partial charge in [-0.1, -0.05) is 45.9 Å². The number of para-hydroxylation sites is 1. The van der Waals surface area contributed by atoms with Crippen LogP contribution in [0.5, 0.6) is 5.75 Å². The van der Waals surface area contributed by atoms with Crippen LogP contribution >= 0.6 is 0 Å². The summed E-state index contributed by atoms with van der Waals surface area (Å²) < 4.78 is 5.46. The van der Waals surface area contributed by atoms with Crippen LogP contribution in [0.3, 0.4) is 0 Å². The maximum Gasteiger partial charge on any atom is 0.122 e. The van der Waals surface area contributed by atoms with E-state index in [1.165, 1.54) is 12.0 Å². The van der Waals surface area contributed by atoms with E-state index in [2.05, 4.69) is 51.2 Å². The van der Waals surface area contributed by atoms with Gasteiger partial charge in [0.25, 0.3) is 0 Å². The molecule has 0 bridgehead atoms. The largest absolute Gasteiger partial charge is 0.496 e. The molecule has 0 heterocycles. The molecule has 1 N–H and O–H groups in total. The van der Waals surface area contributed by atoms with E-state index in [1.54, 1.807) is 7.11 Å². The van der Waals surface area contributed by atoms with Gasteiger partial charge < -0.3 is 10.1 Å². The van der Waals surface area contributed by atoms with Gasteiger partial charge in [-0.2, -0.15) is 0 Å². The summed E-state index contributed by atoms with van der Waals surface area (Å²) >= 11 is 0. The Labute approximate surface area is 118 Å². The molecule has 0 fully saturated rings. The van der Waals surface area contributed by atoms with Crippen molar-refractivity contribution < 1.29 is 4.74 Å². The highest BCUT2D eigenvalue weighted by Gasteiger charge is 2.25. The van der Waals surface area contributed by atoms with E-state index in [0.717, 1.165) is 25.3 Å². The molecule has 1 rings (SSSR count). The minimum Gasteiger partial charge on any atom is -0.496 e. The molecule has 1 unspecified atom stereocenters. The smallest absolute Gasteiger partial charge is 0.122 e. The van der Waals surface area contributed by atoms with E-state index >= 15 is 0 Å². The lowest BCUT2D eigenvalue weighted by molar-refractivity contribution is 0.229. The summed E-state index contributed by atoms with van der Waals surface area (Å²) in [7, 11) is 1.75. The fourth-order valence-corrected chi connectivity index (χ4v) is 2.27. The molecule has 0 saturated heterocycles. The lowest BCUT2D eigenvalue weighted by Crippen LogP contribution is -2.33. The minimum absolute atomic E-state index is 0.293. The summed E-state index contributed by atoms with van der Waals surface area (Å²) in [4.78, 5) is 0. The lowest BCUT2D eigenvalue weighted by Gasteiger charge is -2.31. The molecule has 108 valence electrons. The average Bonchev–Trinajstić information content (AvgIpc) is 2.37. The molecule has 1 aromatic carbocycles. The second-order valence-electron chi connectivity index (χ2n) is 6.28. The van der Waals surface area contributed by atoms with Crippen molar-refractivity contribution in [1.29, 1.82) is 0 Å². The molecule has 0 aliphatic rings. The van der Waals surface area contributed by atoms with Crippen molar-refractivity contribution in [3.8, 4) is 5.75 Å². The molecule has 2 nitrogen and oxygen atoms in total. The summed E-state index contributed by atoms with van der Waals surface area (Å²) in [6.45, 7) is 11.3. The van der Waals surface area contributed by atoms with Gasteiger partial charge in [0.1, 0.15) is 5.75 Å². The third kappa shape index (κ3) is 5.23. The molecule has 0 aliphatic carbocycles. The number of ether oxygens (including phenoxy) is 1. The van der Waals surface area contributed by atoms with Crippen molar-refractivity contribution in [2.24, 2.45) is 11.3 Å². The van der Waals surface area contributed by atoms with E-state index in [4.69, 9.17) is 4.74 Å². The summed E-state index contributed by atoms with van der Waals surface area (Å²) in [6, 6.07) is 8.35. The van der Waals surface area contributed by atoms with Crippen molar-refractivity contribution in [2.75, 3.05) is 20.2 Å². The normalized spacial score (nSPS) is 13.3. The third-order valence-electron chi connectivity index (χ3n) is 3.70. The molecule has 0 aromatic heterocycles. The molecule has 0 amide bonds. The quantitative estimate of drug-likeness (QED) is 0.753. The van der Waals surface area contributed by atoms with Gasteiger partial charge in [0, 0.05) is 0 Å². The Balaban J connectivity index is 2.76. The van der Waals surface area contributed by atoms with Crippen LogP contribution in [0.25, 0.3) is 0 Å². The summed E-state index contributed by atoms with van der Waals surface area (Å²) in [6.07, 6.45) is 2.25. The number of rotatable bonds is 7. The number of benzene rings is 1.